The zero-order valence-corrected chi connectivity index (χ0v) is 77.5. The van der Waals surface area contributed by atoms with Gasteiger partial charge in [-0.05, 0) is 60.8 Å². The molecular formula is C94H106I4O8Yb3. The van der Waals surface area contributed by atoms with Crippen molar-refractivity contribution in [3.05, 3.63) is 415 Å². The van der Waals surface area contributed by atoms with Gasteiger partial charge in [-0.25, -0.2) is 0 Å². The Morgan fingerprint density at radius 1 is 0.202 bits per heavy atom. The molecule has 12 aromatic carbocycles. The Hall–Kier alpha value is -1.94. The molecule has 12 aromatic rings. The molecule has 0 aliphatic heterocycles. The van der Waals surface area contributed by atoms with Crippen molar-refractivity contribution >= 4 is 0 Å². The van der Waals surface area contributed by atoms with E-state index in [0.29, 0.717) is 39.6 Å². The first-order valence-electron chi connectivity index (χ1n) is 35.2. The molecule has 0 saturated carbocycles. The number of hydrogen-bond donors (Lipinski definition) is 0. The summed E-state index contributed by atoms with van der Waals surface area (Å²) in [6, 6.07) is 110. The molecule has 0 bridgehead atoms. The van der Waals surface area contributed by atoms with Crippen molar-refractivity contribution in [2.45, 2.75) is 64.2 Å². The molecule has 0 aliphatic carbocycles. The van der Waals surface area contributed by atoms with Gasteiger partial charge in [0.2, 0.25) is 0 Å². The summed E-state index contributed by atoms with van der Waals surface area (Å²) in [5.41, 5.74) is 28.8. The molecule has 0 spiro atoms. The predicted molar refractivity (Wildman–Crippen MR) is 420 cm³/mol. The van der Waals surface area contributed by atoms with E-state index in [1.165, 1.54) is 111 Å². The van der Waals surface area contributed by atoms with E-state index < -0.39 is 0 Å². The van der Waals surface area contributed by atoms with Gasteiger partial charge in [0.05, 0.1) is 39.6 Å². The summed E-state index contributed by atoms with van der Waals surface area (Å²) >= 11 is 0. The second-order valence-corrected chi connectivity index (χ2v) is 24.4. The third-order valence-corrected chi connectivity index (χ3v) is 17.4. The average Bonchev–Trinajstić information content (AvgIpc) is 1.62. The first-order valence-corrected chi connectivity index (χ1v) is 35.2. The van der Waals surface area contributed by atoms with Crippen molar-refractivity contribution in [1.82, 2.24) is 0 Å². The van der Waals surface area contributed by atoms with Gasteiger partial charge in [-0.1, -0.05) is 362 Å². The Kier molecular flexibility index (Phi) is 69.3. The maximum Gasteiger partial charge on any atom is 3.00 e. The summed E-state index contributed by atoms with van der Waals surface area (Å²) in [5.74, 6) is 0. The van der Waals surface area contributed by atoms with Crippen LogP contribution in [0.3, 0.4) is 0 Å². The van der Waals surface area contributed by atoms with Crippen molar-refractivity contribution in [2.24, 2.45) is 0 Å². The maximum atomic E-state index is 8.25. The molecule has 15 heteroatoms. The van der Waals surface area contributed by atoms with Gasteiger partial charge in [0.1, 0.15) is 0 Å². The molecule has 2 radical (unpaired) electrons. The Morgan fingerprint density at radius 3 is 0.450 bits per heavy atom. The van der Waals surface area contributed by atoms with Crippen LogP contribution in [0.1, 0.15) is 111 Å². The summed E-state index contributed by atoms with van der Waals surface area (Å²) in [6.45, 7) is 4.15. The summed E-state index contributed by atoms with van der Waals surface area (Å²) < 4.78 is 27.9. The van der Waals surface area contributed by atoms with Crippen molar-refractivity contribution in [2.75, 3.05) is 96.5 Å². The second kappa shape index (κ2) is 69.2. The molecule has 0 aliphatic rings. The third kappa shape index (κ3) is 41.1. The Balaban J connectivity index is 0. The Morgan fingerprint density at radius 2 is 0.321 bits per heavy atom. The van der Waals surface area contributed by atoms with Crippen molar-refractivity contribution in [3.63, 3.8) is 0 Å². The number of rotatable bonds is 29. The minimum absolute atomic E-state index is 0. The fraction of sp³-hybridized carbons (Fsp3) is 0.255. The van der Waals surface area contributed by atoms with E-state index in [1.807, 2.05) is 0 Å². The van der Waals surface area contributed by atoms with Crippen molar-refractivity contribution in [3.8, 4) is 0 Å². The molecule has 0 N–H and O–H groups in total. The third-order valence-electron chi connectivity index (χ3n) is 17.4. The van der Waals surface area contributed by atoms with Gasteiger partial charge in [-0.3, -0.25) is 0 Å². The van der Waals surface area contributed by atoms with Crippen LogP contribution in [0.15, 0.2) is 303 Å². The molecule has 12 rings (SSSR count). The van der Waals surface area contributed by atoms with E-state index in [1.54, 1.807) is 42.7 Å². The molecule has 0 saturated heterocycles. The molecule has 109 heavy (non-hydrogen) atoms. The fourth-order valence-electron chi connectivity index (χ4n) is 12.5. The summed E-state index contributed by atoms with van der Waals surface area (Å²) in [5, 5.41) is 16.5. The van der Waals surface area contributed by atoms with Crippen LogP contribution in [-0.2, 0) is 92.6 Å². The van der Waals surface area contributed by atoms with E-state index in [2.05, 4.69) is 332 Å². The van der Waals surface area contributed by atoms with Gasteiger partial charge >= 0.3 is 141 Å². The Bertz CT molecular complexity index is 3140. The van der Waals surface area contributed by atoms with Crippen LogP contribution >= 0.6 is 0 Å². The van der Waals surface area contributed by atoms with Crippen LogP contribution in [0.4, 0.5) is 0 Å². The topological polar surface area (TPSA) is 102 Å². The minimum atomic E-state index is 0. The van der Waals surface area contributed by atoms with E-state index in [4.69, 9.17) is 10.2 Å². The molecule has 600 valence electrons. The molecule has 0 heterocycles. The van der Waals surface area contributed by atoms with E-state index in [9.17, 15) is 0 Å². The van der Waals surface area contributed by atoms with Crippen LogP contribution in [0, 0.1) is 141 Å². The second-order valence-electron chi connectivity index (χ2n) is 24.4. The molecule has 0 fully saturated rings. The van der Waals surface area contributed by atoms with Gasteiger partial charge in [-0.15, -0.1) is 11.1 Å². The first-order chi connectivity index (χ1) is 50.4. The summed E-state index contributed by atoms with van der Waals surface area (Å²) in [4.78, 5) is 0. The van der Waals surface area contributed by atoms with Crippen molar-refractivity contribution in [1.29, 1.82) is 0 Å². The predicted octanol–water partition coefficient (Wildman–Crippen LogP) is 5.53. The van der Waals surface area contributed by atoms with Gasteiger partial charge in [0.15, 0.2) is 0 Å². The van der Waals surface area contributed by atoms with E-state index in [-0.39, 0.29) is 237 Å². The summed E-state index contributed by atoms with van der Waals surface area (Å²) in [7, 11) is 11.4. The van der Waals surface area contributed by atoms with Crippen LogP contribution in [-0.4, -0.2) is 96.5 Å². The molecule has 0 unspecified atom stereocenters. The SMILES string of the molecule is COCCOC.COCCOC.COCCOC.C[O-].C[O-].[I-].[I-].[I-].[I-].[Yb+2].[Yb+3].[Yb+3].c1ccc(Cc2c(Cc3ccccc3)c(Cc3ccccc3)[c-](Cc3ccccc3)c2Cc2ccccc2)cc1.c1ccc(Cc2c(Cc3ccccc3)c(Cc3ccccc3)[c-](Cc3ccccc3)c2Cc2ccccc2)cc1. The van der Waals surface area contributed by atoms with Crippen LogP contribution in [0.5, 0.6) is 0 Å². The smallest absolute Gasteiger partial charge is 1.00 e. The normalized spacial score (nSPS) is 9.67. The Labute approximate surface area is 837 Å². The molecule has 0 amide bonds. The fourth-order valence-corrected chi connectivity index (χ4v) is 12.5. The first kappa shape index (κ1) is 109. The van der Waals surface area contributed by atoms with Crippen LogP contribution in [0.25, 0.3) is 0 Å². The number of ether oxygens (including phenoxy) is 6. The number of methoxy groups -OCH3 is 6. The molecule has 8 nitrogen and oxygen atoms in total. The summed E-state index contributed by atoms with van der Waals surface area (Å²) in [6.07, 6.45) is 9.46. The zero-order chi connectivity index (χ0) is 72.5. The zero-order valence-electron chi connectivity index (χ0n) is 63.8. The number of benzene rings is 10. The molecular weight excluding hydrogens is 2280 g/mol. The number of halogens is 4. The average molecular weight is 2390 g/mol. The minimum Gasteiger partial charge on any atom is -1.00 e. The standard InChI is InChI=1S/2C40H35.3C4H10O2.2CH3O.4HI.3Yb/c2*1-6-16-31(17-7-1)26-36-37(27-32-18-8-2-9-19-32)39(29-34-22-12-4-13-23-34)40(30-35-24-14-5-15-25-35)38(36)28-33-20-10-3-11-21-33;3*1-5-3-4-6-2;2*1-2;;;;;;;/h2*1-25H,26-30H2;3*3-4H2,1-2H3;2*1H3;4*1H;;;/q2*-1;;;;2*-1;;;;;+2;2*+3/p-4. The maximum absolute atomic E-state index is 8.25. The molecule has 0 atom stereocenters. The van der Waals surface area contributed by atoms with Crippen molar-refractivity contribution < 1.29 is 275 Å². The number of hydrogen-bond acceptors (Lipinski definition) is 8. The van der Waals surface area contributed by atoms with E-state index >= 15 is 0 Å². The van der Waals surface area contributed by atoms with Gasteiger partial charge in [-0.2, -0.15) is 58.7 Å². The van der Waals surface area contributed by atoms with Gasteiger partial charge < -0.3 is 135 Å². The monoisotopic (exact) mass is 2390 g/mol. The van der Waals surface area contributed by atoms with Gasteiger partial charge in [0, 0.05) is 42.7 Å². The van der Waals surface area contributed by atoms with E-state index in [0.717, 1.165) is 78.4 Å². The van der Waals surface area contributed by atoms with Crippen LogP contribution < -0.4 is 106 Å². The van der Waals surface area contributed by atoms with Gasteiger partial charge in [0.25, 0.3) is 0 Å². The quantitative estimate of drug-likeness (QED) is 0.0344. The van der Waals surface area contributed by atoms with Crippen LogP contribution in [0.2, 0.25) is 0 Å². The largest absolute Gasteiger partial charge is 3.00 e. The molecule has 0 aromatic heterocycles.